The minimum absolute atomic E-state index is 0.0693. The number of amides is 1. The van der Waals surface area contributed by atoms with Gasteiger partial charge >= 0.3 is 11.9 Å². The molecule has 0 atom stereocenters. The van der Waals surface area contributed by atoms with Crippen molar-refractivity contribution in [3.63, 3.8) is 0 Å². The fraction of sp³-hybridized carbons (Fsp3) is 0.188. The molecule has 2 aromatic rings. The zero-order valence-corrected chi connectivity index (χ0v) is 13.3. The maximum absolute atomic E-state index is 12.3. The van der Waals surface area contributed by atoms with Gasteiger partial charge in [0.2, 0.25) is 0 Å². The third-order valence-corrected chi connectivity index (χ3v) is 3.11. The number of hydrogen-bond acceptors (Lipinski definition) is 7. The van der Waals surface area contributed by atoms with Gasteiger partial charge in [0.1, 0.15) is 5.69 Å². The summed E-state index contributed by atoms with van der Waals surface area (Å²) in [5, 5.41) is 2.53. The summed E-state index contributed by atoms with van der Waals surface area (Å²) in [7, 11) is 2.45. The predicted octanol–water partition coefficient (Wildman–Crippen LogP) is 1.61. The van der Waals surface area contributed by atoms with Crippen molar-refractivity contribution in [3.05, 3.63) is 53.1 Å². The summed E-state index contributed by atoms with van der Waals surface area (Å²) < 4.78 is 9.30. The van der Waals surface area contributed by atoms with Gasteiger partial charge in [0, 0.05) is 6.20 Å². The molecule has 0 radical (unpaired) electrons. The molecule has 8 nitrogen and oxygen atoms in total. The van der Waals surface area contributed by atoms with Gasteiger partial charge in [-0.2, -0.15) is 0 Å². The van der Waals surface area contributed by atoms with Gasteiger partial charge in [-0.3, -0.25) is 9.78 Å². The van der Waals surface area contributed by atoms with Crippen molar-refractivity contribution in [3.8, 4) is 0 Å². The van der Waals surface area contributed by atoms with E-state index < -0.39 is 17.8 Å². The van der Waals surface area contributed by atoms with E-state index in [9.17, 15) is 14.4 Å². The van der Waals surface area contributed by atoms with E-state index in [0.29, 0.717) is 5.69 Å². The van der Waals surface area contributed by atoms with E-state index in [2.05, 4.69) is 24.8 Å². The van der Waals surface area contributed by atoms with E-state index in [1.807, 2.05) is 0 Å². The highest BCUT2D eigenvalue weighted by molar-refractivity contribution is 6.08. The van der Waals surface area contributed by atoms with Crippen LogP contribution >= 0.6 is 0 Å². The summed E-state index contributed by atoms with van der Waals surface area (Å²) in [6.45, 7) is 1.74. The Balaban J connectivity index is 2.38. The lowest BCUT2D eigenvalue weighted by atomic mass is 10.1. The number of anilines is 1. The van der Waals surface area contributed by atoms with E-state index in [-0.39, 0.29) is 22.5 Å². The van der Waals surface area contributed by atoms with Gasteiger partial charge in [-0.05, 0) is 25.1 Å². The molecule has 0 spiro atoms. The highest BCUT2D eigenvalue weighted by Crippen LogP contribution is 2.20. The zero-order chi connectivity index (χ0) is 17.7. The van der Waals surface area contributed by atoms with Crippen molar-refractivity contribution in [1.82, 2.24) is 9.97 Å². The lowest BCUT2D eigenvalue weighted by Crippen LogP contribution is -2.18. The Kier molecular flexibility index (Phi) is 5.20. The predicted molar refractivity (Wildman–Crippen MR) is 83.8 cm³/mol. The van der Waals surface area contributed by atoms with Crippen molar-refractivity contribution in [2.45, 2.75) is 6.92 Å². The molecule has 124 valence electrons. The highest BCUT2D eigenvalue weighted by atomic mass is 16.5. The van der Waals surface area contributed by atoms with Crippen LogP contribution in [-0.4, -0.2) is 42.0 Å². The van der Waals surface area contributed by atoms with Crippen molar-refractivity contribution in [2.75, 3.05) is 19.5 Å². The van der Waals surface area contributed by atoms with Crippen LogP contribution in [0.4, 0.5) is 5.69 Å². The molecule has 0 aliphatic rings. The van der Waals surface area contributed by atoms with Crippen LogP contribution in [-0.2, 0) is 9.47 Å². The SMILES string of the molecule is COC(=O)c1ccc(C(=O)OC)c(NC(=O)c2cnc(C)cn2)c1. The number of nitrogens with one attached hydrogen (secondary N) is 1. The number of ether oxygens (including phenoxy) is 2. The second-order valence-corrected chi connectivity index (χ2v) is 4.74. The van der Waals surface area contributed by atoms with Crippen molar-refractivity contribution in [2.24, 2.45) is 0 Å². The van der Waals surface area contributed by atoms with Crippen LogP contribution in [0.3, 0.4) is 0 Å². The number of nitrogens with zero attached hydrogens (tertiary/aromatic N) is 2. The molecule has 1 aromatic carbocycles. The Bertz CT molecular complexity index is 787. The van der Waals surface area contributed by atoms with Crippen molar-refractivity contribution in [1.29, 1.82) is 0 Å². The van der Waals surface area contributed by atoms with Gasteiger partial charge in [-0.1, -0.05) is 0 Å². The Morgan fingerprint density at radius 3 is 2.29 bits per heavy atom. The molecule has 0 unspecified atom stereocenters. The van der Waals surface area contributed by atoms with E-state index in [0.717, 1.165) is 0 Å². The lowest BCUT2D eigenvalue weighted by molar-refractivity contribution is 0.0587. The summed E-state index contributed by atoms with van der Waals surface area (Å²) in [4.78, 5) is 43.7. The van der Waals surface area contributed by atoms with Crippen LogP contribution < -0.4 is 5.32 Å². The van der Waals surface area contributed by atoms with E-state index >= 15 is 0 Å². The van der Waals surface area contributed by atoms with E-state index in [1.165, 1.54) is 44.8 Å². The molecule has 0 saturated carbocycles. The summed E-state index contributed by atoms with van der Waals surface area (Å²) in [6.07, 6.45) is 2.76. The highest BCUT2D eigenvalue weighted by Gasteiger charge is 2.18. The Labute approximate surface area is 137 Å². The van der Waals surface area contributed by atoms with Crippen molar-refractivity contribution < 1.29 is 23.9 Å². The molecule has 24 heavy (non-hydrogen) atoms. The molecule has 0 aliphatic heterocycles. The number of aromatic nitrogens is 2. The Morgan fingerprint density at radius 1 is 1.00 bits per heavy atom. The first-order chi connectivity index (χ1) is 11.5. The average molecular weight is 329 g/mol. The molecule has 1 amide bonds. The normalized spacial score (nSPS) is 9.96. The first kappa shape index (κ1) is 17.1. The average Bonchev–Trinajstić information content (AvgIpc) is 2.60. The topological polar surface area (TPSA) is 107 Å². The molecule has 0 fully saturated rings. The molecule has 1 aromatic heterocycles. The van der Waals surface area contributed by atoms with Crippen LogP contribution in [0, 0.1) is 6.92 Å². The molecule has 0 bridgehead atoms. The van der Waals surface area contributed by atoms with Crippen LogP contribution in [0.1, 0.15) is 36.9 Å². The molecular formula is C16H15N3O5. The molecule has 0 aliphatic carbocycles. The number of methoxy groups -OCH3 is 2. The maximum atomic E-state index is 12.3. The van der Waals surface area contributed by atoms with E-state index in [4.69, 9.17) is 0 Å². The Morgan fingerprint density at radius 2 is 1.71 bits per heavy atom. The van der Waals surface area contributed by atoms with Crippen LogP contribution in [0.2, 0.25) is 0 Å². The quantitative estimate of drug-likeness (QED) is 0.849. The monoisotopic (exact) mass is 329 g/mol. The largest absolute Gasteiger partial charge is 0.465 e. The van der Waals surface area contributed by atoms with Gasteiger partial charge in [0.25, 0.3) is 5.91 Å². The first-order valence-electron chi connectivity index (χ1n) is 6.87. The Hall–Kier alpha value is -3.29. The number of esters is 2. The van der Waals surface area contributed by atoms with Gasteiger partial charge in [-0.15, -0.1) is 0 Å². The van der Waals surface area contributed by atoms with Crippen LogP contribution in [0.25, 0.3) is 0 Å². The lowest BCUT2D eigenvalue weighted by Gasteiger charge is -2.11. The number of benzene rings is 1. The van der Waals surface area contributed by atoms with Crippen LogP contribution in [0.15, 0.2) is 30.6 Å². The summed E-state index contributed by atoms with van der Waals surface area (Å²) in [6, 6.07) is 4.10. The second kappa shape index (κ2) is 7.32. The maximum Gasteiger partial charge on any atom is 0.339 e. The third kappa shape index (κ3) is 3.72. The van der Waals surface area contributed by atoms with Gasteiger partial charge in [0.05, 0.1) is 42.9 Å². The summed E-state index contributed by atoms with van der Waals surface area (Å²) in [5.74, 6) is -1.83. The van der Waals surface area contributed by atoms with Gasteiger partial charge < -0.3 is 14.8 Å². The molecule has 8 heteroatoms. The fourth-order valence-corrected chi connectivity index (χ4v) is 1.88. The van der Waals surface area contributed by atoms with Gasteiger partial charge in [0.15, 0.2) is 0 Å². The zero-order valence-electron chi connectivity index (χ0n) is 13.3. The minimum Gasteiger partial charge on any atom is -0.465 e. The van der Waals surface area contributed by atoms with Gasteiger partial charge in [-0.25, -0.2) is 14.6 Å². The number of aryl methyl sites for hydroxylation is 1. The first-order valence-corrected chi connectivity index (χ1v) is 6.87. The molecule has 0 saturated heterocycles. The molecule has 1 N–H and O–H groups in total. The minimum atomic E-state index is -0.656. The molecule has 1 heterocycles. The van der Waals surface area contributed by atoms with Crippen LogP contribution in [0.5, 0.6) is 0 Å². The number of hydrogen-bond donors (Lipinski definition) is 1. The fourth-order valence-electron chi connectivity index (χ4n) is 1.88. The number of carbonyl (C=O) groups excluding carboxylic acids is 3. The van der Waals surface area contributed by atoms with E-state index in [1.54, 1.807) is 6.92 Å². The van der Waals surface area contributed by atoms with Crippen molar-refractivity contribution >= 4 is 23.5 Å². The standard InChI is InChI=1S/C16H15N3O5/c1-9-7-18-13(8-17-9)14(20)19-12-6-10(15(21)23-2)4-5-11(12)16(22)24-3/h4-8H,1-3H3,(H,19,20). The molecule has 2 rings (SSSR count). The third-order valence-electron chi connectivity index (χ3n) is 3.11. The molecular weight excluding hydrogens is 314 g/mol. The summed E-state index contributed by atoms with van der Waals surface area (Å²) in [5.41, 5.74) is 1.11. The second-order valence-electron chi connectivity index (χ2n) is 4.74. The summed E-state index contributed by atoms with van der Waals surface area (Å²) >= 11 is 0. The number of rotatable bonds is 4. The smallest absolute Gasteiger partial charge is 0.339 e. The number of carbonyl (C=O) groups is 3.